The van der Waals surface area contributed by atoms with Crippen LogP contribution >= 0.6 is 0 Å². The van der Waals surface area contributed by atoms with Gasteiger partial charge in [-0.1, -0.05) is 0 Å². The van der Waals surface area contributed by atoms with Gasteiger partial charge in [0.15, 0.2) is 0 Å². The van der Waals surface area contributed by atoms with E-state index in [1.807, 2.05) is 26.0 Å². The molecule has 3 rings (SSSR count). The predicted molar refractivity (Wildman–Crippen MR) is 97.9 cm³/mol. The lowest BCUT2D eigenvalue weighted by Gasteiger charge is -2.10. The van der Waals surface area contributed by atoms with Gasteiger partial charge in [0.2, 0.25) is 0 Å². The highest BCUT2D eigenvalue weighted by Gasteiger charge is 2.26. The van der Waals surface area contributed by atoms with E-state index >= 15 is 0 Å². The van der Waals surface area contributed by atoms with Gasteiger partial charge in [-0.15, -0.1) is 0 Å². The van der Waals surface area contributed by atoms with Crippen LogP contribution in [0, 0.1) is 0 Å². The topological polar surface area (TPSA) is 106 Å². The number of benzene rings is 1. The Morgan fingerprint density at radius 3 is 2.70 bits per heavy atom. The van der Waals surface area contributed by atoms with E-state index in [-0.39, 0.29) is 12.1 Å². The Morgan fingerprint density at radius 1 is 1.22 bits per heavy atom. The summed E-state index contributed by atoms with van der Waals surface area (Å²) in [5.74, 6) is -0.800. The van der Waals surface area contributed by atoms with Gasteiger partial charge in [0, 0.05) is 29.7 Å². The van der Waals surface area contributed by atoms with E-state index in [0.29, 0.717) is 17.9 Å². The van der Waals surface area contributed by atoms with Gasteiger partial charge in [-0.2, -0.15) is 0 Å². The van der Waals surface area contributed by atoms with E-state index in [4.69, 9.17) is 9.47 Å². The van der Waals surface area contributed by atoms with Crippen LogP contribution in [0.3, 0.4) is 0 Å². The molecule has 1 aliphatic carbocycles. The summed E-state index contributed by atoms with van der Waals surface area (Å²) in [6, 6.07) is 3.82. The van der Waals surface area contributed by atoms with E-state index < -0.39 is 17.7 Å². The molecule has 1 aromatic carbocycles. The molecule has 3 amide bonds. The van der Waals surface area contributed by atoms with E-state index in [2.05, 4.69) is 16.2 Å². The lowest BCUT2D eigenvalue weighted by Crippen LogP contribution is -2.48. The summed E-state index contributed by atoms with van der Waals surface area (Å²) in [5, 5.41) is 2.53. The summed E-state index contributed by atoms with van der Waals surface area (Å²) in [6.45, 7) is 4.37. The van der Waals surface area contributed by atoms with Gasteiger partial charge >= 0.3 is 11.8 Å². The van der Waals surface area contributed by atoms with Crippen molar-refractivity contribution < 1.29 is 23.9 Å². The molecule has 8 nitrogen and oxygen atoms in total. The average Bonchev–Trinajstić information content (AvgIpc) is 3.37. The summed E-state index contributed by atoms with van der Waals surface area (Å²) in [7, 11) is 0. The van der Waals surface area contributed by atoms with Crippen LogP contribution < -0.4 is 25.6 Å². The van der Waals surface area contributed by atoms with E-state index in [1.165, 1.54) is 6.08 Å². The highest BCUT2D eigenvalue weighted by Crippen LogP contribution is 2.35. The minimum Gasteiger partial charge on any atom is -0.493 e. The first-order valence-electron chi connectivity index (χ1n) is 9.01. The van der Waals surface area contributed by atoms with Gasteiger partial charge in [-0.05, 0) is 44.9 Å². The van der Waals surface area contributed by atoms with Crippen molar-refractivity contribution >= 4 is 23.8 Å². The Hall–Kier alpha value is -3.03. The normalized spacial score (nSPS) is 17.8. The summed E-state index contributed by atoms with van der Waals surface area (Å²) in [6.07, 6.45) is 5.49. The zero-order valence-corrected chi connectivity index (χ0v) is 15.3. The maximum absolute atomic E-state index is 11.9. The molecule has 8 heteroatoms. The second-order valence-electron chi connectivity index (χ2n) is 6.59. The molecule has 0 spiro atoms. The SMILES string of the molecule is CCOc1cc2c(cc1/C=C/C(=O)NNC(=O)C(=O)NC1CC1)O[C@@H](C)C2. The summed E-state index contributed by atoms with van der Waals surface area (Å²) in [5.41, 5.74) is 6.02. The summed E-state index contributed by atoms with van der Waals surface area (Å²) in [4.78, 5) is 35.0. The molecule has 1 saturated carbocycles. The van der Waals surface area contributed by atoms with Crippen molar-refractivity contribution in [2.45, 2.75) is 45.3 Å². The second-order valence-corrected chi connectivity index (χ2v) is 6.59. The van der Waals surface area contributed by atoms with Gasteiger partial charge in [0.1, 0.15) is 17.6 Å². The number of amides is 3. The summed E-state index contributed by atoms with van der Waals surface area (Å²) >= 11 is 0. The summed E-state index contributed by atoms with van der Waals surface area (Å²) < 4.78 is 11.4. The molecule has 0 unspecified atom stereocenters. The predicted octanol–water partition coefficient (Wildman–Crippen LogP) is 0.848. The number of nitrogens with one attached hydrogen (secondary N) is 3. The fraction of sp³-hybridized carbons (Fsp3) is 0.421. The van der Waals surface area contributed by atoms with Crippen LogP contribution in [-0.4, -0.2) is 36.5 Å². The zero-order valence-electron chi connectivity index (χ0n) is 15.3. The minimum atomic E-state index is -0.904. The molecule has 1 fully saturated rings. The highest BCUT2D eigenvalue weighted by molar-refractivity contribution is 6.35. The smallest absolute Gasteiger partial charge is 0.327 e. The standard InChI is InChI=1S/C19H23N3O5/c1-3-26-15-10-13-8-11(2)27-16(13)9-12(15)4-7-17(23)21-22-19(25)18(24)20-14-5-6-14/h4,7,9-11,14H,3,5-6,8H2,1-2H3,(H,20,24)(H,21,23)(H,22,25)/b7-4+/t11-/m0/s1. The molecule has 144 valence electrons. The van der Waals surface area contributed by atoms with Crippen molar-refractivity contribution in [2.75, 3.05) is 6.61 Å². The van der Waals surface area contributed by atoms with Crippen molar-refractivity contribution in [1.29, 1.82) is 0 Å². The van der Waals surface area contributed by atoms with Crippen LogP contribution in [0.1, 0.15) is 37.8 Å². The Bertz CT molecular complexity index is 786. The van der Waals surface area contributed by atoms with Crippen LogP contribution in [0.15, 0.2) is 18.2 Å². The first-order chi connectivity index (χ1) is 13.0. The zero-order chi connectivity index (χ0) is 19.4. The molecule has 0 radical (unpaired) electrons. The fourth-order valence-electron chi connectivity index (χ4n) is 2.73. The quantitative estimate of drug-likeness (QED) is 0.403. The van der Waals surface area contributed by atoms with Gasteiger partial charge in [-0.3, -0.25) is 25.2 Å². The number of rotatable bonds is 5. The van der Waals surface area contributed by atoms with Gasteiger partial charge < -0.3 is 14.8 Å². The number of carbonyl (C=O) groups is 3. The number of carbonyl (C=O) groups excluding carboxylic acids is 3. The van der Waals surface area contributed by atoms with Crippen molar-refractivity contribution in [3.8, 4) is 11.5 Å². The monoisotopic (exact) mass is 373 g/mol. The molecular formula is C19H23N3O5. The largest absolute Gasteiger partial charge is 0.493 e. The highest BCUT2D eigenvalue weighted by atomic mass is 16.5. The van der Waals surface area contributed by atoms with Crippen molar-refractivity contribution in [3.63, 3.8) is 0 Å². The van der Waals surface area contributed by atoms with Crippen LogP contribution in [0.4, 0.5) is 0 Å². The molecule has 27 heavy (non-hydrogen) atoms. The molecule has 1 aliphatic heterocycles. The van der Waals surface area contributed by atoms with Crippen LogP contribution in [0.5, 0.6) is 11.5 Å². The van der Waals surface area contributed by atoms with Gasteiger partial charge in [-0.25, -0.2) is 0 Å². The average molecular weight is 373 g/mol. The van der Waals surface area contributed by atoms with Crippen molar-refractivity contribution in [2.24, 2.45) is 0 Å². The number of hydrogen-bond acceptors (Lipinski definition) is 5. The van der Waals surface area contributed by atoms with E-state index in [1.54, 1.807) is 6.08 Å². The van der Waals surface area contributed by atoms with Gasteiger partial charge in [0.05, 0.1) is 6.61 Å². The molecule has 1 atom stereocenters. The number of fused-ring (bicyclic) bond motifs is 1. The third-order valence-corrected chi connectivity index (χ3v) is 4.16. The Kier molecular flexibility index (Phi) is 5.63. The second kappa shape index (κ2) is 8.11. The third kappa shape index (κ3) is 4.99. The maximum Gasteiger partial charge on any atom is 0.327 e. The first kappa shape index (κ1) is 18.8. The van der Waals surface area contributed by atoms with Crippen molar-refractivity contribution in [1.82, 2.24) is 16.2 Å². The molecule has 3 N–H and O–H groups in total. The number of ether oxygens (including phenoxy) is 2. The molecular weight excluding hydrogens is 350 g/mol. The van der Waals surface area contributed by atoms with Crippen LogP contribution in [0.25, 0.3) is 6.08 Å². The lowest BCUT2D eigenvalue weighted by molar-refractivity contribution is -0.140. The fourth-order valence-corrected chi connectivity index (χ4v) is 2.73. The lowest BCUT2D eigenvalue weighted by atomic mass is 10.1. The molecule has 2 aliphatic rings. The number of hydrazine groups is 1. The Labute approximate surface area is 157 Å². The van der Waals surface area contributed by atoms with Crippen molar-refractivity contribution in [3.05, 3.63) is 29.3 Å². The van der Waals surface area contributed by atoms with Crippen LogP contribution in [0.2, 0.25) is 0 Å². The van der Waals surface area contributed by atoms with Crippen LogP contribution in [-0.2, 0) is 20.8 Å². The van der Waals surface area contributed by atoms with E-state index in [0.717, 1.165) is 30.6 Å². The minimum absolute atomic E-state index is 0.0700. The Morgan fingerprint density at radius 2 is 2.00 bits per heavy atom. The molecule has 1 heterocycles. The Balaban J connectivity index is 1.59. The molecule has 0 saturated heterocycles. The first-order valence-corrected chi connectivity index (χ1v) is 9.01. The third-order valence-electron chi connectivity index (χ3n) is 4.16. The van der Waals surface area contributed by atoms with Gasteiger partial charge in [0.25, 0.3) is 5.91 Å². The maximum atomic E-state index is 11.9. The molecule has 1 aromatic rings. The molecule has 0 aromatic heterocycles. The molecule has 0 bridgehead atoms. The van der Waals surface area contributed by atoms with E-state index in [9.17, 15) is 14.4 Å². The number of hydrogen-bond donors (Lipinski definition) is 3.